The Morgan fingerprint density at radius 1 is 0.943 bits per heavy atom. The highest BCUT2D eigenvalue weighted by atomic mass is 79.9. The van der Waals surface area contributed by atoms with Gasteiger partial charge in [0.15, 0.2) is 11.5 Å². The Kier molecular flexibility index (Phi) is 10.2. The number of rotatable bonds is 12. The van der Waals surface area contributed by atoms with E-state index in [-0.39, 0.29) is 18.4 Å². The predicted octanol–water partition coefficient (Wildman–Crippen LogP) is 5.65. The number of carbonyl (C=O) groups is 2. The van der Waals surface area contributed by atoms with Gasteiger partial charge < -0.3 is 19.3 Å². The minimum absolute atomic E-state index is 0.0382. The van der Waals surface area contributed by atoms with Gasteiger partial charge in [-0.2, -0.15) is 0 Å². The highest BCUT2D eigenvalue weighted by molar-refractivity contribution is 9.10. The Hall–Kier alpha value is -2.84. The smallest absolute Gasteiger partial charge is 0.254 e. The van der Waals surface area contributed by atoms with E-state index in [1.54, 1.807) is 42.6 Å². The van der Waals surface area contributed by atoms with Gasteiger partial charge in [0.1, 0.15) is 6.54 Å². The average molecular weight is 560 g/mol. The Morgan fingerprint density at radius 3 is 2.40 bits per heavy atom. The van der Waals surface area contributed by atoms with Crippen LogP contribution in [0.5, 0.6) is 11.5 Å². The molecule has 0 fully saturated rings. The maximum absolute atomic E-state index is 13.5. The molecule has 0 unspecified atom stereocenters. The zero-order valence-electron chi connectivity index (χ0n) is 20.3. The summed E-state index contributed by atoms with van der Waals surface area (Å²) in [4.78, 5) is 31.2. The molecule has 3 aromatic rings. The maximum Gasteiger partial charge on any atom is 0.254 e. The van der Waals surface area contributed by atoms with Gasteiger partial charge in [-0.25, -0.2) is 0 Å². The quantitative estimate of drug-likeness (QED) is 0.288. The lowest BCUT2D eigenvalue weighted by atomic mass is 10.1. The van der Waals surface area contributed by atoms with Gasteiger partial charge >= 0.3 is 0 Å². The van der Waals surface area contributed by atoms with Crippen LogP contribution >= 0.6 is 27.3 Å². The minimum atomic E-state index is -0.141. The summed E-state index contributed by atoms with van der Waals surface area (Å²) >= 11 is 5.05. The van der Waals surface area contributed by atoms with Crippen LogP contribution < -0.4 is 9.47 Å². The van der Waals surface area contributed by atoms with Gasteiger partial charge in [-0.1, -0.05) is 41.1 Å². The molecule has 0 saturated heterocycles. The first-order valence-electron chi connectivity index (χ1n) is 11.5. The van der Waals surface area contributed by atoms with Crippen LogP contribution in [-0.2, 0) is 17.8 Å². The molecule has 0 atom stereocenters. The van der Waals surface area contributed by atoms with Crippen molar-refractivity contribution in [3.8, 4) is 11.5 Å². The topological polar surface area (TPSA) is 59.1 Å². The average Bonchev–Trinajstić information content (AvgIpc) is 3.38. The molecule has 1 heterocycles. The third-order valence-electron chi connectivity index (χ3n) is 5.58. The number of thiophene rings is 1. The van der Waals surface area contributed by atoms with Gasteiger partial charge in [0.05, 0.1) is 20.8 Å². The SMILES string of the molecule is CCCN(CC(=O)N(CCc1ccc(OC)c(OC)c1)Cc1cccs1)C(=O)c1cccc(Br)c1. The molecule has 0 bridgehead atoms. The summed E-state index contributed by atoms with van der Waals surface area (Å²) < 4.78 is 11.6. The zero-order chi connectivity index (χ0) is 25.2. The van der Waals surface area contributed by atoms with Gasteiger partial charge in [0.25, 0.3) is 5.91 Å². The third kappa shape index (κ3) is 7.57. The fraction of sp³-hybridized carbons (Fsp3) is 0.333. The minimum Gasteiger partial charge on any atom is -0.493 e. The van der Waals surface area contributed by atoms with Gasteiger partial charge in [-0.3, -0.25) is 9.59 Å². The lowest BCUT2D eigenvalue weighted by Gasteiger charge is -2.27. The van der Waals surface area contributed by atoms with Crippen molar-refractivity contribution >= 4 is 39.1 Å². The molecule has 0 saturated carbocycles. The van der Waals surface area contributed by atoms with Crippen LogP contribution in [-0.4, -0.2) is 55.5 Å². The molecule has 6 nitrogen and oxygen atoms in total. The van der Waals surface area contributed by atoms with Crippen LogP contribution in [0, 0.1) is 0 Å². The van der Waals surface area contributed by atoms with Crippen molar-refractivity contribution in [3.63, 3.8) is 0 Å². The van der Waals surface area contributed by atoms with Gasteiger partial charge in [0.2, 0.25) is 5.91 Å². The second-order valence-electron chi connectivity index (χ2n) is 8.07. The van der Waals surface area contributed by atoms with Crippen LogP contribution in [0.4, 0.5) is 0 Å². The summed E-state index contributed by atoms with van der Waals surface area (Å²) in [6.45, 7) is 3.59. The van der Waals surface area contributed by atoms with Crippen LogP contribution in [0.1, 0.15) is 34.1 Å². The lowest BCUT2D eigenvalue weighted by Crippen LogP contribution is -2.43. The molecule has 0 aliphatic carbocycles. The molecule has 8 heteroatoms. The number of carbonyl (C=O) groups excluding carboxylic acids is 2. The van der Waals surface area contributed by atoms with Crippen molar-refractivity contribution in [2.45, 2.75) is 26.3 Å². The molecule has 0 radical (unpaired) electrons. The number of hydrogen-bond donors (Lipinski definition) is 0. The second kappa shape index (κ2) is 13.3. The van der Waals surface area contributed by atoms with E-state index < -0.39 is 0 Å². The Morgan fingerprint density at radius 2 is 1.74 bits per heavy atom. The van der Waals surface area contributed by atoms with Crippen LogP contribution in [0.3, 0.4) is 0 Å². The molecule has 2 aromatic carbocycles. The summed E-state index contributed by atoms with van der Waals surface area (Å²) in [5, 5.41) is 2.01. The lowest BCUT2D eigenvalue weighted by molar-refractivity contribution is -0.132. The summed E-state index contributed by atoms with van der Waals surface area (Å²) in [7, 11) is 3.22. The normalized spacial score (nSPS) is 10.6. The van der Waals surface area contributed by atoms with E-state index in [1.165, 1.54) is 0 Å². The Bertz CT molecular complexity index is 1120. The fourth-order valence-corrected chi connectivity index (χ4v) is 4.89. The fourth-order valence-electron chi connectivity index (χ4n) is 3.77. The number of hydrogen-bond acceptors (Lipinski definition) is 5. The molecular weight excluding hydrogens is 528 g/mol. The zero-order valence-corrected chi connectivity index (χ0v) is 22.7. The van der Waals surface area contributed by atoms with E-state index in [2.05, 4.69) is 15.9 Å². The molecule has 186 valence electrons. The standard InChI is InChI=1S/C27H31BrN2O4S/c1-4-13-30(27(32)21-7-5-8-22(28)17-21)19-26(31)29(18-23-9-6-15-35-23)14-12-20-10-11-24(33-2)25(16-20)34-3/h5-11,15-17H,4,12-14,18-19H2,1-3H3. The highest BCUT2D eigenvalue weighted by Gasteiger charge is 2.22. The Balaban J connectivity index is 1.76. The van der Waals surface area contributed by atoms with Gasteiger partial charge in [-0.15, -0.1) is 11.3 Å². The largest absolute Gasteiger partial charge is 0.493 e. The molecule has 0 N–H and O–H groups in total. The summed E-state index contributed by atoms with van der Waals surface area (Å²) in [6, 6.07) is 17.1. The van der Waals surface area contributed by atoms with E-state index in [0.717, 1.165) is 21.3 Å². The summed E-state index contributed by atoms with van der Waals surface area (Å²) in [6.07, 6.45) is 1.43. The van der Waals surface area contributed by atoms with Gasteiger partial charge in [-0.05, 0) is 60.2 Å². The van der Waals surface area contributed by atoms with Crippen molar-refractivity contribution in [2.75, 3.05) is 33.9 Å². The number of benzene rings is 2. The first-order chi connectivity index (χ1) is 16.9. The van der Waals surface area contributed by atoms with E-state index in [9.17, 15) is 9.59 Å². The second-order valence-corrected chi connectivity index (χ2v) is 10.0. The highest BCUT2D eigenvalue weighted by Crippen LogP contribution is 2.28. The van der Waals surface area contributed by atoms with Crippen LogP contribution in [0.2, 0.25) is 0 Å². The number of methoxy groups -OCH3 is 2. The van der Waals surface area contributed by atoms with Crippen molar-refractivity contribution in [2.24, 2.45) is 0 Å². The van der Waals surface area contributed by atoms with E-state index in [0.29, 0.717) is 43.1 Å². The number of ether oxygens (including phenoxy) is 2. The maximum atomic E-state index is 13.5. The Labute approximate surface area is 219 Å². The molecule has 2 amide bonds. The van der Waals surface area contributed by atoms with Crippen molar-refractivity contribution in [1.29, 1.82) is 0 Å². The van der Waals surface area contributed by atoms with Crippen molar-refractivity contribution in [3.05, 3.63) is 80.5 Å². The number of nitrogens with zero attached hydrogens (tertiary/aromatic N) is 2. The molecule has 0 aliphatic heterocycles. The monoisotopic (exact) mass is 558 g/mol. The van der Waals surface area contributed by atoms with Crippen LogP contribution in [0.25, 0.3) is 0 Å². The van der Waals surface area contributed by atoms with Crippen molar-refractivity contribution in [1.82, 2.24) is 9.80 Å². The molecule has 35 heavy (non-hydrogen) atoms. The summed E-state index contributed by atoms with van der Waals surface area (Å²) in [5.41, 5.74) is 1.61. The van der Waals surface area contributed by atoms with Gasteiger partial charge in [0, 0.05) is 28.0 Å². The first-order valence-corrected chi connectivity index (χ1v) is 13.2. The van der Waals surface area contributed by atoms with E-state index >= 15 is 0 Å². The number of halogens is 1. The first kappa shape index (κ1) is 26.8. The summed E-state index contributed by atoms with van der Waals surface area (Å²) in [5.74, 6) is 1.12. The van der Waals surface area contributed by atoms with Crippen LogP contribution in [0.15, 0.2) is 64.5 Å². The molecule has 1 aromatic heterocycles. The van der Waals surface area contributed by atoms with Crippen molar-refractivity contribution < 1.29 is 19.1 Å². The predicted molar refractivity (Wildman–Crippen MR) is 143 cm³/mol. The third-order valence-corrected chi connectivity index (χ3v) is 6.93. The van der Waals surface area contributed by atoms with E-state index in [4.69, 9.17) is 9.47 Å². The number of amides is 2. The molecular formula is C27H31BrN2O4S. The van der Waals surface area contributed by atoms with E-state index in [1.807, 2.05) is 59.7 Å². The molecule has 3 rings (SSSR count). The molecule has 0 spiro atoms. The molecule has 0 aliphatic rings.